The highest BCUT2D eigenvalue weighted by Gasteiger charge is 2.23. The smallest absolute Gasteiger partial charge is 0.175 e. The first kappa shape index (κ1) is 12.5. The largest absolute Gasteiger partial charge is 0.293 e. The summed E-state index contributed by atoms with van der Waals surface area (Å²) in [7, 11) is 0. The molecule has 1 heterocycles. The Morgan fingerprint density at radius 1 is 1.38 bits per heavy atom. The standard InChI is InChI=1S/C12H12BrClOS/c13-9-5-8(6-10(14)7-9)12(15)11-3-1-2-4-16-11/h5-7,11H,1-4H2. The van der Waals surface area contributed by atoms with Crippen LogP contribution < -0.4 is 0 Å². The van der Waals surface area contributed by atoms with Crippen molar-refractivity contribution in [2.45, 2.75) is 24.5 Å². The number of benzene rings is 1. The molecule has 0 radical (unpaired) electrons. The Kier molecular flexibility index (Phi) is 4.34. The molecule has 86 valence electrons. The Morgan fingerprint density at radius 3 is 2.81 bits per heavy atom. The van der Waals surface area contributed by atoms with E-state index < -0.39 is 0 Å². The average Bonchev–Trinajstić information content (AvgIpc) is 2.28. The third-order valence-corrected chi connectivity index (χ3v) is 4.67. The van der Waals surface area contributed by atoms with Crippen molar-refractivity contribution in [3.63, 3.8) is 0 Å². The van der Waals surface area contributed by atoms with Crippen molar-refractivity contribution in [3.05, 3.63) is 33.3 Å². The first-order valence-corrected chi connectivity index (χ1v) is 7.51. The summed E-state index contributed by atoms with van der Waals surface area (Å²) in [6, 6.07) is 5.40. The van der Waals surface area contributed by atoms with Gasteiger partial charge in [-0.25, -0.2) is 0 Å². The zero-order valence-electron chi connectivity index (χ0n) is 8.71. The van der Waals surface area contributed by atoms with Gasteiger partial charge in [0.1, 0.15) is 0 Å². The van der Waals surface area contributed by atoms with Crippen molar-refractivity contribution in [1.82, 2.24) is 0 Å². The van der Waals surface area contributed by atoms with Crippen LogP contribution in [0, 0.1) is 0 Å². The van der Waals surface area contributed by atoms with Crippen LogP contribution >= 0.6 is 39.3 Å². The third-order valence-electron chi connectivity index (χ3n) is 2.62. The molecule has 2 rings (SSSR count). The van der Waals surface area contributed by atoms with Crippen LogP contribution in [0.1, 0.15) is 29.6 Å². The van der Waals surface area contributed by atoms with Crippen LogP contribution in [0.25, 0.3) is 0 Å². The van der Waals surface area contributed by atoms with Gasteiger partial charge in [0.15, 0.2) is 5.78 Å². The SMILES string of the molecule is O=C(c1cc(Cl)cc(Br)c1)C1CCCCS1. The molecular formula is C12H12BrClOS. The molecule has 0 amide bonds. The molecule has 0 aromatic heterocycles. The summed E-state index contributed by atoms with van der Waals surface area (Å²) in [5, 5.41) is 0.734. The maximum atomic E-state index is 12.2. The number of hydrogen-bond acceptors (Lipinski definition) is 2. The quantitative estimate of drug-likeness (QED) is 0.743. The van der Waals surface area contributed by atoms with Crippen molar-refractivity contribution in [1.29, 1.82) is 0 Å². The second-order valence-electron chi connectivity index (χ2n) is 3.88. The van der Waals surface area contributed by atoms with Gasteiger partial charge in [0.05, 0.1) is 5.25 Å². The summed E-state index contributed by atoms with van der Waals surface area (Å²) in [5.41, 5.74) is 0.721. The number of rotatable bonds is 2. The van der Waals surface area contributed by atoms with Gasteiger partial charge in [0.2, 0.25) is 0 Å². The van der Waals surface area contributed by atoms with Crippen molar-refractivity contribution in [3.8, 4) is 0 Å². The lowest BCUT2D eigenvalue weighted by Crippen LogP contribution is -2.20. The molecule has 1 unspecified atom stereocenters. The fourth-order valence-corrected chi connectivity index (χ4v) is 3.97. The van der Waals surface area contributed by atoms with Gasteiger partial charge in [-0.05, 0) is 36.8 Å². The van der Waals surface area contributed by atoms with Gasteiger partial charge in [0.25, 0.3) is 0 Å². The van der Waals surface area contributed by atoms with E-state index in [1.807, 2.05) is 6.07 Å². The first-order chi connectivity index (χ1) is 7.66. The van der Waals surface area contributed by atoms with E-state index in [2.05, 4.69) is 15.9 Å². The minimum atomic E-state index is 0.124. The Hall–Kier alpha value is 0.01000. The van der Waals surface area contributed by atoms with E-state index in [4.69, 9.17) is 11.6 Å². The summed E-state index contributed by atoms with van der Waals surface area (Å²) in [5.74, 6) is 1.31. The number of thioether (sulfide) groups is 1. The normalized spacial score (nSPS) is 20.8. The van der Waals surface area contributed by atoms with Gasteiger partial charge in [-0.2, -0.15) is 11.8 Å². The third kappa shape index (κ3) is 3.02. The highest BCUT2D eigenvalue weighted by atomic mass is 79.9. The molecule has 1 aromatic rings. The number of carbonyl (C=O) groups excluding carboxylic acids is 1. The zero-order chi connectivity index (χ0) is 11.5. The Bertz CT molecular complexity index is 382. The minimum Gasteiger partial charge on any atom is -0.293 e. The van der Waals surface area contributed by atoms with E-state index in [1.54, 1.807) is 23.9 Å². The lowest BCUT2D eigenvalue weighted by atomic mass is 10.0. The summed E-state index contributed by atoms with van der Waals surface area (Å²) < 4.78 is 0.865. The second kappa shape index (κ2) is 5.56. The maximum absolute atomic E-state index is 12.2. The molecule has 0 spiro atoms. The zero-order valence-corrected chi connectivity index (χ0v) is 11.9. The van der Waals surface area contributed by atoms with Crippen molar-refractivity contribution in [2.75, 3.05) is 5.75 Å². The predicted molar refractivity (Wildman–Crippen MR) is 73.6 cm³/mol. The monoisotopic (exact) mass is 318 g/mol. The van der Waals surface area contributed by atoms with Crippen molar-refractivity contribution in [2.24, 2.45) is 0 Å². The van der Waals surface area contributed by atoms with Gasteiger partial charge in [-0.1, -0.05) is 34.0 Å². The van der Waals surface area contributed by atoms with Crippen LogP contribution in [0.4, 0.5) is 0 Å². The summed E-state index contributed by atoms with van der Waals surface area (Å²) >= 11 is 11.1. The fourth-order valence-electron chi connectivity index (χ4n) is 1.83. The maximum Gasteiger partial charge on any atom is 0.175 e. The molecule has 1 atom stereocenters. The van der Waals surface area contributed by atoms with Crippen LogP contribution in [-0.2, 0) is 0 Å². The second-order valence-corrected chi connectivity index (χ2v) is 6.54. The molecule has 1 nitrogen and oxygen atoms in total. The fraction of sp³-hybridized carbons (Fsp3) is 0.417. The lowest BCUT2D eigenvalue weighted by molar-refractivity contribution is 0.0985. The Balaban J connectivity index is 2.19. The molecule has 1 aliphatic heterocycles. The number of Topliss-reactive ketones (excluding diaryl/α,β-unsaturated/α-hetero) is 1. The van der Waals surface area contributed by atoms with Crippen molar-refractivity contribution >= 4 is 45.1 Å². The molecule has 16 heavy (non-hydrogen) atoms. The van der Waals surface area contributed by atoms with E-state index in [0.29, 0.717) is 5.02 Å². The van der Waals surface area contributed by atoms with Gasteiger partial charge >= 0.3 is 0 Å². The molecule has 0 N–H and O–H groups in total. The van der Waals surface area contributed by atoms with Crippen LogP contribution in [0.3, 0.4) is 0 Å². The highest BCUT2D eigenvalue weighted by Crippen LogP contribution is 2.29. The van der Waals surface area contributed by atoms with E-state index in [-0.39, 0.29) is 11.0 Å². The predicted octanol–water partition coefficient (Wildman–Crippen LogP) is 4.57. The highest BCUT2D eigenvalue weighted by molar-refractivity contribution is 9.10. The van der Waals surface area contributed by atoms with Gasteiger partial charge < -0.3 is 0 Å². The van der Waals surface area contributed by atoms with Gasteiger partial charge in [-0.3, -0.25) is 4.79 Å². The molecule has 1 aliphatic rings. The summed E-state index contributed by atoms with van der Waals surface area (Å²) in [6.07, 6.45) is 3.38. The molecule has 0 aliphatic carbocycles. The molecule has 1 fully saturated rings. The average molecular weight is 320 g/mol. The number of carbonyl (C=O) groups is 1. The first-order valence-electron chi connectivity index (χ1n) is 5.29. The van der Waals surface area contributed by atoms with Crippen LogP contribution in [-0.4, -0.2) is 16.8 Å². The van der Waals surface area contributed by atoms with Crippen LogP contribution in [0.2, 0.25) is 5.02 Å². The van der Waals surface area contributed by atoms with Crippen LogP contribution in [0.15, 0.2) is 22.7 Å². The molecule has 0 bridgehead atoms. The number of halogens is 2. The Morgan fingerprint density at radius 2 is 2.19 bits per heavy atom. The lowest BCUT2D eigenvalue weighted by Gasteiger charge is -2.20. The molecule has 1 saturated heterocycles. The molecule has 0 saturated carbocycles. The van der Waals surface area contributed by atoms with E-state index in [1.165, 1.54) is 6.42 Å². The van der Waals surface area contributed by atoms with Crippen molar-refractivity contribution < 1.29 is 4.79 Å². The van der Waals surface area contributed by atoms with Gasteiger partial charge in [0, 0.05) is 15.1 Å². The van der Waals surface area contributed by atoms with Crippen LogP contribution in [0.5, 0.6) is 0 Å². The number of ketones is 1. The van der Waals surface area contributed by atoms with E-state index in [0.717, 1.165) is 28.6 Å². The molecule has 4 heteroatoms. The van der Waals surface area contributed by atoms with E-state index >= 15 is 0 Å². The summed E-state index contributed by atoms with van der Waals surface area (Å²) in [6.45, 7) is 0. The Labute approximate surface area is 113 Å². The minimum absolute atomic E-state index is 0.124. The number of hydrogen-bond donors (Lipinski definition) is 0. The topological polar surface area (TPSA) is 17.1 Å². The molecular weight excluding hydrogens is 308 g/mol. The van der Waals surface area contributed by atoms with E-state index in [9.17, 15) is 4.79 Å². The summed E-state index contributed by atoms with van der Waals surface area (Å²) in [4.78, 5) is 12.2. The molecule has 1 aromatic carbocycles. The van der Waals surface area contributed by atoms with Gasteiger partial charge in [-0.15, -0.1) is 0 Å².